The van der Waals surface area contributed by atoms with E-state index in [1.54, 1.807) is 6.20 Å². The molecule has 1 saturated heterocycles. The molecule has 1 aromatic carbocycles. The highest BCUT2D eigenvalue weighted by atomic mass is 32.1. The van der Waals surface area contributed by atoms with Gasteiger partial charge in [0.15, 0.2) is 16.6 Å². The fourth-order valence-electron chi connectivity index (χ4n) is 4.60. The van der Waals surface area contributed by atoms with Crippen molar-refractivity contribution in [1.82, 2.24) is 19.9 Å². The van der Waals surface area contributed by atoms with Gasteiger partial charge in [-0.1, -0.05) is 6.07 Å². The predicted molar refractivity (Wildman–Crippen MR) is 129 cm³/mol. The Bertz CT molecular complexity index is 1330. The first-order chi connectivity index (χ1) is 16.2. The Labute approximate surface area is 196 Å². The molecule has 6 rings (SSSR count). The number of nitrogens with one attached hydrogen (secondary N) is 1. The van der Waals surface area contributed by atoms with Crippen LogP contribution in [0.4, 0.5) is 5.69 Å². The first kappa shape index (κ1) is 19.8. The van der Waals surface area contributed by atoms with E-state index in [1.807, 2.05) is 54.9 Å². The zero-order chi connectivity index (χ0) is 22.4. The molecule has 164 valence electrons. The Morgan fingerprint density at radius 2 is 1.88 bits per heavy atom. The first-order valence-electron chi connectivity index (χ1n) is 10.7. The van der Waals surface area contributed by atoms with E-state index in [1.165, 1.54) is 0 Å². The Morgan fingerprint density at radius 3 is 2.70 bits per heavy atom. The van der Waals surface area contributed by atoms with E-state index in [2.05, 4.69) is 49.9 Å². The molecule has 0 amide bonds. The molecular weight excluding hydrogens is 434 g/mol. The molecule has 5 heterocycles. The van der Waals surface area contributed by atoms with Crippen LogP contribution >= 0.6 is 12.2 Å². The van der Waals surface area contributed by atoms with Crippen molar-refractivity contribution >= 4 is 23.0 Å². The van der Waals surface area contributed by atoms with Crippen molar-refractivity contribution in [1.29, 1.82) is 0 Å². The highest BCUT2D eigenvalue weighted by molar-refractivity contribution is 7.80. The molecule has 0 spiro atoms. The molecule has 0 bridgehead atoms. The van der Waals surface area contributed by atoms with E-state index < -0.39 is 0 Å². The van der Waals surface area contributed by atoms with E-state index in [0.717, 1.165) is 34.2 Å². The summed E-state index contributed by atoms with van der Waals surface area (Å²) in [5.74, 6) is 1.46. The summed E-state index contributed by atoms with van der Waals surface area (Å²) in [7, 11) is 0. The van der Waals surface area contributed by atoms with Crippen molar-refractivity contribution in [2.45, 2.75) is 19.0 Å². The molecule has 0 unspecified atom stereocenters. The number of hydrogen-bond acceptors (Lipinski definition) is 5. The van der Waals surface area contributed by atoms with Crippen LogP contribution < -0.4 is 19.7 Å². The number of anilines is 1. The van der Waals surface area contributed by atoms with Crippen molar-refractivity contribution in [2.24, 2.45) is 0 Å². The maximum Gasteiger partial charge on any atom is 0.231 e. The number of benzene rings is 1. The molecule has 0 radical (unpaired) electrons. The van der Waals surface area contributed by atoms with E-state index in [4.69, 9.17) is 21.7 Å². The maximum absolute atomic E-state index is 5.86. The normalized spacial score (nSPS) is 19.1. The molecule has 4 aromatic rings. The second-order valence-corrected chi connectivity index (χ2v) is 8.37. The van der Waals surface area contributed by atoms with Gasteiger partial charge in [-0.25, -0.2) is 0 Å². The van der Waals surface area contributed by atoms with Gasteiger partial charge in [0, 0.05) is 35.5 Å². The molecular formula is C25H21N5O2S. The molecule has 3 aromatic heterocycles. The number of ether oxygens (including phenoxy) is 2. The summed E-state index contributed by atoms with van der Waals surface area (Å²) in [6.45, 7) is 2.32. The van der Waals surface area contributed by atoms with Crippen LogP contribution in [0.2, 0.25) is 0 Å². The van der Waals surface area contributed by atoms with Gasteiger partial charge >= 0.3 is 0 Å². The highest BCUT2D eigenvalue weighted by Gasteiger charge is 2.42. The molecule has 2 aliphatic heterocycles. The fourth-order valence-corrected chi connectivity index (χ4v) is 4.94. The molecule has 1 fully saturated rings. The molecule has 2 atom stereocenters. The average molecular weight is 456 g/mol. The summed E-state index contributed by atoms with van der Waals surface area (Å²) in [5, 5.41) is 4.15. The van der Waals surface area contributed by atoms with Gasteiger partial charge in [-0.15, -0.1) is 0 Å². The van der Waals surface area contributed by atoms with Gasteiger partial charge in [-0.05, 0) is 67.7 Å². The Morgan fingerprint density at radius 1 is 0.970 bits per heavy atom. The number of aromatic nitrogens is 3. The lowest BCUT2D eigenvalue weighted by Gasteiger charge is -2.29. The summed E-state index contributed by atoms with van der Waals surface area (Å²) < 4.78 is 13.4. The second kappa shape index (κ2) is 7.90. The van der Waals surface area contributed by atoms with E-state index in [-0.39, 0.29) is 18.9 Å². The number of nitrogens with zero attached hydrogens (tertiary/aromatic N) is 4. The molecule has 7 nitrogen and oxygen atoms in total. The van der Waals surface area contributed by atoms with Gasteiger partial charge in [0.05, 0.1) is 23.6 Å². The van der Waals surface area contributed by atoms with Crippen LogP contribution in [0.1, 0.15) is 29.2 Å². The smallest absolute Gasteiger partial charge is 0.231 e. The third-order valence-corrected chi connectivity index (χ3v) is 6.36. The van der Waals surface area contributed by atoms with Crippen LogP contribution in [-0.4, -0.2) is 26.4 Å². The van der Waals surface area contributed by atoms with E-state index >= 15 is 0 Å². The summed E-state index contributed by atoms with van der Waals surface area (Å²) in [5.41, 5.74) is 5.04. The SMILES string of the molecule is Cc1ccc([C@@H]2[C@@H](c3ccccn3)NC(=S)N2c2ccc3c(c2)OCO3)n1-c1cccnc1. The van der Waals surface area contributed by atoms with Crippen LogP contribution in [0.25, 0.3) is 5.69 Å². The van der Waals surface area contributed by atoms with Crippen LogP contribution in [-0.2, 0) is 0 Å². The lowest BCUT2D eigenvalue weighted by Crippen LogP contribution is -2.30. The Kier molecular flexibility index (Phi) is 4.73. The molecule has 0 saturated carbocycles. The Balaban J connectivity index is 1.53. The summed E-state index contributed by atoms with van der Waals surface area (Å²) in [4.78, 5) is 11.1. The molecule has 2 aliphatic rings. The number of hydrogen-bond donors (Lipinski definition) is 1. The summed E-state index contributed by atoms with van der Waals surface area (Å²) >= 11 is 5.86. The van der Waals surface area contributed by atoms with Crippen molar-refractivity contribution in [3.63, 3.8) is 0 Å². The van der Waals surface area contributed by atoms with Gasteiger partial charge < -0.3 is 24.3 Å². The van der Waals surface area contributed by atoms with Crippen molar-refractivity contribution in [3.05, 3.63) is 96.3 Å². The van der Waals surface area contributed by atoms with E-state index in [0.29, 0.717) is 10.9 Å². The minimum Gasteiger partial charge on any atom is -0.454 e. The van der Waals surface area contributed by atoms with Crippen LogP contribution in [0, 0.1) is 6.92 Å². The zero-order valence-electron chi connectivity index (χ0n) is 17.9. The third kappa shape index (κ3) is 3.30. The topological polar surface area (TPSA) is 64.4 Å². The largest absolute Gasteiger partial charge is 0.454 e. The van der Waals surface area contributed by atoms with Crippen molar-refractivity contribution in [3.8, 4) is 17.2 Å². The number of fused-ring (bicyclic) bond motifs is 1. The lowest BCUT2D eigenvalue weighted by atomic mass is 10.0. The van der Waals surface area contributed by atoms with Gasteiger partial charge in [0.1, 0.15) is 6.04 Å². The highest BCUT2D eigenvalue weighted by Crippen LogP contribution is 2.45. The third-order valence-electron chi connectivity index (χ3n) is 6.05. The average Bonchev–Trinajstić information content (AvgIpc) is 3.56. The number of aryl methyl sites for hydroxylation is 1. The van der Waals surface area contributed by atoms with Gasteiger partial charge in [-0.3, -0.25) is 9.97 Å². The minimum absolute atomic E-state index is 0.145. The van der Waals surface area contributed by atoms with Gasteiger partial charge in [0.25, 0.3) is 0 Å². The minimum atomic E-state index is -0.151. The first-order valence-corrected chi connectivity index (χ1v) is 11.1. The van der Waals surface area contributed by atoms with E-state index in [9.17, 15) is 0 Å². The monoisotopic (exact) mass is 455 g/mol. The standard InChI is InChI=1S/C25H21N5O2S/c1-16-7-9-20(29(16)18-5-4-11-26-14-18)24-23(19-6-2-3-12-27-19)28-25(33)30(24)17-8-10-21-22(13-17)32-15-31-21/h2-14,23-24H,15H2,1H3,(H,28,33)/t23-,24-/m1/s1. The molecule has 8 heteroatoms. The van der Waals surface area contributed by atoms with Gasteiger partial charge in [0.2, 0.25) is 6.79 Å². The fraction of sp³-hybridized carbons (Fsp3) is 0.160. The molecule has 33 heavy (non-hydrogen) atoms. The zero-order valence-corrected chi connectivity index (χ0v) is 18.7. The lowest BCUT2D eigenvalue weighted by molar-refractivity contribution is 0.174. The van der Waals surface area contributed by atoms with Crippen molar-refractivity contribution in [2.75, 3.05) is 11.7 Å². The van der Waals surface area contributed by atoms with Crippen LogP contribution in [0.3, 0.4) is 0 Å². The van der Waals surface area contributed by atoms with Gasteiger partial charge in [-0.2, -0.15) is 0 Å². The quantitative estimate of drug-likeness (QED) is 0.455. The second-order valence-electron chi connectivity index (χ2n) is 7.98. The summed E-state index contributed by atoms with van der Waals surface area (Å²) in [6, 6.07) is 19.9. The molecule has 0 aliphatic carbocycles. The number of pyridine rings is 2. The number of thiocarbonyl (C=S) groups is 1. The summed E-state index contributed by atoms with van der Waals surface area (Å²) in [6.07, 6.45) is 5.47. The van der Waals surface area contributed by atoms with Crippen LogP contribution in [0.5, 0.6) is 11.5 Å². The van der Waals surface area contributed by atoms with Crippen LogP contribution in [0.15, 0.2) is 79.3 Å². The molecule has 1 N–H and O–H groups in total. The Hall–Kier alpha value is -3.91. The maximum atomic E-state index is 5.86. The predicted octanol–water partition coefficient (Wildman–Crippen LogP) is 4.48. The number of rotatable bonds is 4. The van der Waals surface area contributed by atoms with Crippen molar-refractivity contribution < 1.29 is 9.47 Å².